The molecular formula is C11H20N2OS. The lowest BCUT2D eigenvalue weighted by Crippen LogP contribution is -2.44. The molecule has 4 heteroatoms. The topological polar surface area (TPSA) is 32.3 Å². The molecule has 1 N–H and O–H groups in total. The number of hydrogen-bond acceptors (Lipinski definition) is 3. The lowest BCUT2D eigenvalue weighted by Gasteiger charge is -2.29. The van der Waals surface area contributed by atoms with Crippen molar-refractivity contribution in [2.45, 2.75) is 25.8 Å². The van der Waals surface area contributed by atoms with E-state index in [4.69, 9.17) is 0 Å². The summed E-state index contributed by atoms with van der Waals surface area (Å²) in [7, 11) is 0. The van der Waals surface area contributed by atoms with Crippen molar-refractivity contribution in [3.05, 3.63) is 0 Å². The van der Waals surface area contributed by atoms with E-state index >= 15 is 0 Å². The van der Waals surface area contributed by atoms with Crippen molar-refractivity contribution in [1.82, 2.24) is 10.2 Å². The first-order valence-corrected chi connectivity index (χ1v) is 7.07. The van der Waals surface area contributed by atoms with Crippen molar-refractivity contribution in [1.29, 1.82) is 0 Å². The molecule has 2 aliphatic rings. The van der Waals surface area contributed by atoms with Gasteiger partial charge >= 0.3 is 0 Å². The number of amides is 1. The Morgan fingerprint density at radius 2 is 2.40 bits per heavy atom. The number of nitrogens with zero attached hydrogens (tertiary/aromatic N) is 1. The molecule has 3 nitrogen and oxygen atoms in total. The summed E-state index contributed by atoms with van der Waals surface area (Å²) in [5.74, 6) is 2.99. The van der Waals surface area contributed by atoms with E-state index in [1.807, 2.05) is 11.8 Å². The predicted molar refractivity (Wildman–Crippen MR) is 64.1 cm³/mol. The van der Waals surface area contributed by atoms with Gasteiger partial charge in [0.1, 0.15) is 0 Å². The maximum atomic E-state index is 12.2. The Bertz CT molecular complexity index is 223. The Labute approximate surface area is 96.0 Å². The minimum Gasteiger partial charge on any atom is -0.339 e. The number of hydrogen-bond donors (Lipinski definition) is 1. The van der Waals surface area contributed by atoms with Crippen molar-refractivity contribution in [3.8, 4) is 0 Å². The van der Waals surface area contributed by atoms with Gasteiger partial charge in [-0.25, -0.2) is 0 Å². The molecule has 0 spiro atoms. The normalized spacial score (nSPS) is 30.7. The van der Waals surface area contributed by atoms with Gasteiger partial charge in [0.2, 0.25) is 5.91 Å². The van der Waals surface area contributed by atoms with Gasteiger partial charge in [0.25, 0.3) is 0 Å². The van der Waals surface area contributed by atoms with E-state index in [-0.39, 0.29) is 5.92 Å². The van der Waals surface area contributed by atoms with Gasteiger partial charge in [0.05, 0.1) is 5.92 Å². The first-order valence-electron chi connectivity index (χ1n) is 5.92. The fraction of sp³-hybridized carbons (Fsp3) is 0.909. The van der Waals surface area contributed by atoms with E-state index in [1.54, 1.807) is 0 Å². The summed E-state index contributed by atoms with van der Waals surface area (Å²) in [6, 6.07) is 0.507. The van der Waals surface area contributed by atoms with Crippen LogP contribution in [-0.2, 0) is 4.79 Å². The maximum Gasteiger partial charge on any atom is 0.227 e. The highest BCUT2D eigenvalue weighted by Crippen LogP contribution is 2.24. The van der Waals surface area contributed by atoms with Gasteiger partial charge < -0.3 is 10.2 Å². The summed E-state index contributed by atoms with van der Waals surface area (Å²) in [6.45, 7) is 4.87. The standard InChI is InChI=1S/C11H20N2OS/c1-2-13(10-4-6-15-8-10)11(14)9-3-5-12-7-9/h9-10,12H,2-8H2,1H3/t9-,10-/m1/s1. The summed E-state index contributed by atoms with van der Waals surface area (Å²) in [5.41, 5.74) is 0. The van der Waals surface area contributed by atoms with Gasteiger partial charge in [0.15, 0.2) is 0 Å². The van der Waals surface area contributed by atoms with Crippen LogP contribution in [0.4, 0.5) is 0 Å². The highest BCUT2D eigenvalue weighted by Gasteiger charge is 2.31. The summed E-state index contributed by atoms with van der Waals surface area (Å²) in [4.78, 5) is 14.3. The Balaban J connectivity index is 1.95. The van der Waals surface area contributed by atoms with Crippen LogP contribution in [0.15, 0.2) is 0 Å². The molecule has 15 heavy (non-hydrogen) atoms. The third-order valence-corrected chi connectivity index (χ3v) is 4.52. The fourth-order valence-electron chi connectivity index (χ4n) is 2.46. The monoisotopic (exact) mass is 228 g/mol. The van der Waals surface area contributed by atoms with Crippen LogP contribution in [0.5, 0.6) is 0 Å². The van der Waals surface area contributed by atoms with E-state index in [9.17, 15) is 4.79 Å². The molecule has 86 valence electrons. The molecule has 2 heterocycles. The first kappa shape index (κ1) is 11.3. The predicted octanol–water partition coefficient (Wildman–Crippen LogP) is 0.950. The minimum absolute atomic E-state index is 0.246. The molecule has 2 atom stereocenters. The van der Waals surface area contributed by atoms with Crippen LogP contribution in [0.25, 0.3) is 0 Å². The molecule has 2 saturated heterocycles. The SMILES string of the molecule is CCN(C(=O)[C@@H]1CCNC1)[C@@H]1CCSC1. The van der Waals surface area contributed by atoms with Crippen molar-refractivity contribution < 1.29 is 4.79 Å². The van der Waals surface area contributed by atoms with Crippen LogP contribution < -0.4 is 5.32 Å². The van der Waals surface area contributed by atoms with Crippen LogP contribution in [0.1, 0.15) is 19.8 Å². The van der Waals surface area contributed by atoms with E-state index < -0.39 is 0 Å². The summed E-state index contributed by atoms with van der Waals surface area (Å²) in [6.07, 6.45) is 2.21. The molecule has 0 aromatic carbocycles. The molecule has 0 radical (unpaired) electrons. The van der Waals surface area contributed by atoms with Crippen LogP contribution in [0.2, 0.25) is 0 Å². The van der Waals surface area contributed by atoms with Crippen LogP contribution in [0, 0.1) is 5.92 Å². The third kappa shape index (κ3) is 2.48. The molecule has 0 bridgehead atoms. The largest absolute Gasteiger partial charge is 0.339 e. The molecule has 2 aliphatic heterocycles. The van der Waals surface area contributed by atoms with Gasteiger partial charge in [-0.15, -0.1) is 0 Å². The number of rotatable bonds is 3. The van der Waals surface area contributed by atoms with Gasteiger partial charge in [-0.2, -0.15) is 11.8 Å². The van der Waals surface area contributed by atoms with Gasteiger partial charge in [-0.1, -0.05) is 0 Å². The minimum atomic E-state index is 0.246. The molecule has 0 aliphatic carbocycles. The third-order valence-electron chi connectivity index (χ3n) is 3.38. The number of nitrogens with one attached hydrogen (secondary N) is 1. The number of carbonyl (C=O) groups is 1. The lowest BCUT2D eigenvalue weighted by molar-refractivity contribution is -0.136. The van der Waals surface area contributed by atoms with Crippen molar-refractivity contribution in [2.24, 2.45) is 5.92 Å². The lowest BCUT2D eigenvalue weighted by atomic mass is 10.1. The number of thioether (sulfide) groups is 1. The van der Waals surface area contributed by atoms with Crippen molar-refractivity contribution in [2.75, 3.05) is 31.1 Å². The summed E-state index contributed by atoms with van der Waals surface area (Å²) in [5, 5.41) is 3.27. The summed E-state index contributed by atoms with van der Waals surface area (Å²) >= 11 is 1.98. The van der Waals surface area contributed by atoms with Gasteiger partial charge in [-0.3, -0.25) is 4.79 Å². The average molecular weight is 228 g/mol. The maximum absolute atomic E-state index is 12.2. The fourth-order valence-corrected chi connectivity index (χ4v) is 3.69. The first-order chi connectivity index (χ1) is 7.33. The molecule has 0 unspecified atom stereocenters. The summed E-state index contributed by atoms with van der Waals surface area (Å²) < 4.78 is 0. The highest BCUT2D eigenvalue weighted by atomic mass is 32.2. The second-order valence-electron chi connectivity index (χ2n) is 4.33. The zero-order valence-corrected chi connectivity index (χ0v) is 10.2. The second-order valence-corrected chi connectivity index (χ2v) is 5.48. The molecule has 0 aromatic heterocycles. The Morgan fingerprint density at radius 1 is 1.53 bits per heavy atom. The van der Waals surface area contributed by atoms with E-state index in [2.05, 4.69) is 17.1 Å². The Kier molecular flexibility index (Phi) is 3.92. The van der Waals surface area contributed by atoms with Crippen molar-refractivity contribution >= 4 is 17.7 Å². The molecule has 0 aromatic rings. The Hall–Kier alpha value is -0.220. The number of carbonyl (C=O) groups excluding carboxylic acids is 1. The van der Waals surface area contributed by atoms with E-state index in [0.717, 1.165) is 31.8 Å². The van der Waals surface area contributed by atoms with Crippen LogP contribution >= 0.6 is 11.8 Å². The van der Waals surface area contributed by atoms with Gasteiger partial charge in [-0.05, 0) is 32.1 Å². The van der Waals surface area contributed by atoms with Crippen LogP contribution in [-0.4, -0.2) is 48.0 Å². The average Bonchev–Trinajstić information content (AvgIpc) is 2.91. The molecular weight excluding hydrogens is 208 g/mol. The Morgan fingerprint density at radius 3 is 2.93 bits per heavy atom. The molecule has 1 amide bonds. The van der Waals surface area contributed by atoms with Gasteiger partial charge in [0, 0.05) is 24.9 Å². The van der Waals surface area contributed by atoms with Crippen molar-refractivity contribution in [3.63, 3.8) is 0 Å². The zero-order chi connectivity index (χ0) is 10.7. The zero-order valence-electron chi connectivity index (χ0n) is 9.37. The molecule has 0 saturated carbocycles. The molecule has 2 fully saturated rings. The van der Waals surface area contributed by atoms with Crippen LogP contribution in [0.3, 0.4) is 0 Å². The molecule has 2 rings (SSSR count). The van der Waals surface area contributed by atoms with E-state index in [0.29, 0.717) is 11.9 Å². The highest BCUT2D eigenvalue weighted by molar-refractivity contribution is 7.99. The van der Waals surface area contributed by atoms with E-state index in [1.165, 1.54) is 12.2 Å². The second kappa shape index (κ2) is 5.21. The smallest absolute Gasteiger partial charge is 0.227 e. The quantitative estimate of drug-likeness (QED) is 0.780.